The topological polar surface area (TPSA) is 68.6 Å². The van der Waals surface area contributed by atoms with E-state index in [9.17, 15) is 36.4 Å². The fourth-order valence-electron chi connectivity index (χ4n) is 3.71. The van der Waals surface area contributed by atoms with Gasteiger partial charge in [0.15, 0.2) is 13.2 Å². The van der Waals surface area contributed by atoms with Crippen LogP contribution in [0.2, 0.25) is 0 Å². The fourth-order valence-corrected chi connectivity index (χ4v) is 3.71. The van der Waals surface area contributed by atoms with Gasteiger partial charge in [-0.25, -0.2) is 0 Å². The number of alkyl halides is 6. The number of benzene rings is 2. The minimum Gasteiger partial charge on any atom is -0.484 e. The van der Waals surface area contributed by atoms with Crippen LogP contribution in [0.4, 0.5) is 26.3 Å². The van der Waals surface area contributed by atoms with E-state index >= 15 is 0 Å². The molecule has 2 rings (SSSR count). The Bertz CT molecular complexity index is 966. The molecule has 0 aliphatic heterocycles. The number of hydrogen-bond acceptors (Lipinski definition) is 5. The van der Waals surface area contributed by atoms with E-state index in [2.05, 4.69) is 6.07 Å². The third kappa shape index (κ3) is 9.86. The number of rotatable bonds is 13. The molecule has 0 heterocycles. The van der Waals surface area contributed by atoms with Crippen LogP contribution in [-0.4, -0.2) is 38.1 Å². The highest BCUT2D eigenvalue weighted by atomic mass is 19.4. The second-order valence-corrected chi connectivity index (χ2v) is 8.24. The maximum atomic E-state index is 12.5. The van der Waals surface area contributed by atoms with Crippen LogP contribution in [0.3, 0.4) is 0 Å². The number of esters is 1. The number of carbonyl (C=O) groups excluding carboxylic acids is 1. The zero-order chi connectivity index (χ0) is 27.5. The first kappa shape index (κ1) is 29.8. The maximum absolute atomic E-state index is 12.5. The van der Waals surface area contributed by atoms with Crippen LogP contribution in [0, 0.1) is 11.3 Å². The Hall–Kier alpha value is -3.42. The van der Waals surface area contributed by atoms with Crippen LogP contribution in [0.5, 0.6) is 11.5 Å². The number of carbonyl (C=O) groups is 1. The van der Waals surface area contributed by atoms with E-state index in [1.54, 1.807) is 6.92 Å². The minimum absolute atomic E-state index is 0.0294. The van der Waals surface area contributed by atoms with Crippen molar-refractivity contribution in [1.29, 1.82) is 5.26 Å². The Morgan fingerprint density at radius 2 is 1.24 bits per heavy atom. The fraction of sp³-hybridized carbons (Fsp3) is 0.462. The van der Waals surface area contributed by atoms with Crippen molar-refractivity contribution in [3.63, 3.8) is 0 Å². The Kier molecular flexibility index (Phi) is 10.6. The van der Waals surface area contributed by atoms with Gasteiger partial charge in [-0.1, -0.05) is 37.1 Å². The third-order valence-corrected chi connectivity index (χ3v) is 5.43. The second-order valence-electron chi connectivity index (χ2n) is 8.24. The van der Waals surface area contributed by atoms with Crippen molar-refractivity contribution in [2.75, 3.05) is 19.8 Å². The van der Waals surface area contributed by atoms with Gasteiger partial charge in [-0.05, 0) is 55.2 Å². The molecule has 0 aromatic heterocycles. The molecular weight excluding hydrogens is 504 g/mol. The summed E-state index contributed by atoms with van der Waals surface area (Å²) in [6.07, 6.45) is -6.84. The van der Waals surface area contributed by atoms with Crippen LogP contribution < -0.4 is 9.47 Å². The number of nitriles is 1. The number of halogens is 6. The molecule has 0 bridgehead atoms. The first-order chi connectivity index (χ1) is 17.4. The molecule has 0 saturated heterocycles. The summed E-state index contributed by atoms with van der Waals surface area (Å²) in [6.45, 7) is -0.940. The Morgan fingerprint density at radius 3 is 1.62 bits per heavy atom. The van der Waals surface area contributed by atoms with E-state index in [4.69, 9.17) is 14.2 Å². The summed E-state index contributed by atoms with van der Waals surface area (Å²) in [5.41, 5.74) is -0.304. The van der Waals surface area contributed by atoms with E-state index < -0.39 is 31.0 Å². The predicted octanol–water partition coefficient (Wildman–Crippen LogP) is 6.89. The van der Waals surface area contributed by atoms with Crippen molar-refractivity contribution in [3.05, 3.63) is 59.7 Å². The Labute approximate surface area is 210 Å². The summed E-state index contributed by atoms with van der Waals surface area (Å²) in [5, 5.41) is 10.3. The summed E-state index contributed by atoms with van der Waals surface area (Å²) >= 11 is 0. The van der Waals surface area contributed by atoms with Gasteiger partial charge in [0.2, 0.25) is 0 Å². The lowest BCUT2D eigenvalue weighted by Gasteiger charge is -2.28. The SMILES string of the molecule is CCOC(=O)CCCCCC(C#N)(c1ccc(OCC(F)(F)F)cc1)c1ccc(OCC(F)(F)F)cc1. The third-order valence-electron chi connectivity index (χ3n) is 5.43. The average Bonchev–Trinajstić information content (AvgIpc) is 2.84. The smallest absolute Gasteiger partial charge is 0.422 e. The van der Waals surface area contributed by atoms with Gasteiger partial charge >= 0.3 is 18.3 Å². The molecule has 5 nitrogen and oxygen atoms in total. The molecule has 2 aromatic rings. The molecule has 37 heavy (non-hydrogen) atoms. The summed E-state index contributed by atoms with van der Waals surface area (Å²) in [5.74, 6) is -0.380. The molecule has 0 radical (unpaired) electrons. The van der Waals surface area contributed by atoms with E-state index in [1.165, 1.54) is 48.5 Å². The van der Waals surface area contributed by atoms with Crippen LogP contribution >= 0.6 is 0 Å². The van der Waals surface area contributed by atoms with Gasteiger partial charge in [-0.15, -0.1) is 0 Å². The van der Waals surface area contributed by atoms with Crippen LogP contribution in [0.15, 0.2) is 48.5 Å². The Morgan fingerprint density at radius 1 is 0.784 bits per heavy atom. The van der Waals surface area contributed by atoms with Gasteiger partial charge in [0.1, 0.15) is 16.9 Å². The van der Waals surface area contributed by atoms with Gasteiger partial charge in [0.25, 0.3) is 0 Å². The molecule has 0 aliphatic rings. The highest BCUT2D eigenvalue weighted by Gasteiger charge is 2.35. The maximum Gasteiger partial charge on any atom is 0.422 e. The molecule has 0 atom stereocenters. The highest BCUT2D eigenvalue weighted by molar-refractivity contribution is 5.69. The highest BCUT2D eigenvalue weighted by Crippen LogP contribution is 2.38. The van der Waals surface area contributed by atoms with Crippen molar-refractivity contribution in [1.82, 2.24) is 0 Å². The lowest BCUT2D eigenvalue weighted by atomic mass is 9.72. The first-order valence-corrected chi connectivity index (χ1v) is 11.6. The molecule has 0 aliphatic carbocycles. The van der Waals surface area contributed by atoms with Crippen molar-refractivity contribution < 1.29 is 45.3 Å². The molecule has 0 N–H and O–H groups in total. The van der Waals surface area contributed by atoms with Crippen molar-refractivity contribution in [2.45, 2.75) is 56.8 Å². The molecule has 0 fully saturated rings. The van der Waals surface area contributed by atoms with Crippen LogP contribution in [0.25, 0.3) is 0 Å². The van der Waals surface area contributed by atoms with Gasteiger partial charge in [-0.2, -0.15) is 31.6 Å². The van der Waals surface area contributed by atoms with Crippen LogP contribution in [0.1, 0.15) is 50.2 Å². The van der Waals surface area contributed by atoms with E-state index in [-0.39, 0.29) is 36.9 Å². The minimum atomic E-state index is -4.51. The van der Waals surface area contributed by atoms with Crippen molar-refractivity contribution in [2.24, 2.45) is 0 Å². The lowest BCUT2D eigenvalue weighted by molar-refractivity contribution is -0.154. The number of nitrogens with zero attached hydrogens (tertiary/aromatic N) is 1. The van der Waals surface area contributed by atoms with Crippen molar-refractivity contribution >= 4 is 5.97 Å². The number of unbranched alkanes of at least 4 members (excludes halogenated alkanes) is 2. The lowest BCUT2D eigenvalue weighted by Crippen LogP contribution is -2.26. The molecule has 202 valence electrons. The zero-order valence-corrected chi connectivity index (χ0v) is 20.1. The van der Waals surface area contributed by atoms with Gasteiger partial charge in [0, 0.05) is 6.42 Å². The van der Waals surface area contributed by atoms with E-state index in [1.807, 2.05) is 0 Å². The molecule has 0 saturated carbocycles. The zero-order valence-electron chi connectivity index (χ0n) is 20.1. The monoisotopic (exact) mass is 531 g/mol. The molecule has 0 spiro atoms. The normalized spacial score (nSPS) is 12.1. The summed E-state index contributed by atoms with van der Waals surface area (Å²) in [4.78, 5) is 11.6. The molecule has 2 aromatic carbocycles. The summed E-state index contributed by atoms with van der Waals surface area (Å²) in [7, 11) is 0. The number of hydrogen-bond donors (Lipinski definition) is 0. The largest absolute Gasteiger partial charge is 0.484 e. The van der Waals surface area contributed by atoms with Crippen LogP contribution in [-0.2, 0) is 14.9 Å². The average molecular weight is 531 g/mol. The summed E-state index contributed by atoms with van der Waals surface area (Å²) in [6, 6.07) is 13.5. The predicted molar refractivity (Wildman–Crippen MR) is 122 cm³/mol. The van der Waals surface area contributed by atoms with Gasteiger partial charge in [0.05, 0.1) is 12.7 Å². The Balaban J connectivity index is 2.25. The molecule has 11 heteroatoms. The quantitative estimate of drug-likeness (QED) is 0.160. The van der Waals surface area contributed by atoms with Gasteiger partial charge < -0.3 is 14.2 Å². The molecule has 0 unspecified atom stereocenters. The van der Waals surface area contributed by atoms with Crippen molar-refractivity contribution in [3.8, 4) is 17.6 Å². The molecular formula is C26H27F6NO4. The van der Waals surface area contributed by atoms with E-state index in [0.29, 0.717) is 30.4 Å². The standard InChI is InChI=1S/C26H27F6NO4/c1-2-35-23(34)6-4-3-5-15-24(16-33,19-7-11-21(12-8-19)36-17-25(27,28)29)20-9-13-22(14-10-20)37-18-26(30,31)32/h7-14H,2-6,15,17-18H2,1H3. The first-order valence-electron chi connectivity index (χ1n) is 11.6. The number of ether oxygens (including phenoxy) is 3. The second kappa shape index (κ2) is 13.2. The van der Waals surface area contributed by atoms with E-state index in [0.717, 1.165) is 0 Å². The van der Waals surface area contributed by atoms with Gasteiger partial charge in [-0.3, -0.25) is 4.79 Å². The summed E-state index contributed by atoms with van der Waals surface area (Å²) < 4.78 is 89.2. The molecule has 0 amide bonds.